The molecule has 0 heterocycles. The summed E-state index contributed by atoms with van der Waals surface area (Å²) in [5.74, 6) is -1.25. The number of amides is 1. The topological polar surface area (TPSA) is 55.4 Å². The van der Waals surface area contributed by atoms with Crippen molar-refractivity contribution in [3.05, 3.63) is 23.0 Å². The van der Waals surface area contributed by atoms with Crippen LogP contribution in [0.2, 0.25) is 5.02 Å². The zero-order chi connectivity index (χ0) is 20.1. The molecule has 1 atom stereocenters. The second-order valence-electron chi connectivity index (χ2n) is 7.35. The molecule has 0 saturated heterocycles. The fraction of sp³-hybridized carbons (Fsp3) is 0.579. The summed E-state index contributed by atoms with van der Waals surface area (Å²) in [5, 5.41) is 2.33. The van der Waals surface area contributed by atoms with E-state index >= 15 is 0 Å². The number of thioether (sulfide) groups is 1. The number of ether oxygens (including phenoxy) is 1. The van der Waals surface area contributed by atoms with Crippen LogP contribution in [0.3, 0.4) is 0 Å². The number of benzene rings is 1. The van der Waals surface area contributed by atoms with E-state index in [4.69, 9.17) is 16.3 Å². The SMILES string of the molecule is CCCC(Sc1cc(NC(=O)C(C)(C)C)c(F)cc1Cl)C(=O)OC(C)C. The monoisotopic (exact) mass is 403 g/mol. The van der Waals surface area contributed by atoms with Crippen LogP contribution in [-0.4, -0.2) is 23.2 Å². The first-order valence-corrected chi connectivity index (χ1v) is 9.89. The van der Waals surface area contributed by atoms with Gasteiger partial charge in [0.1, 0.15) is 11.1 Å². The summed E-state index contributed by atoms with van der Waals surface area (Å²) in [4.78, 5) is 25.0. The molecule has 146 valence electrons. The molecule has 0 spiro atoms. The maximum atomic E-state index is 14.2. The molecular formula is C19H27ClFNO3S. The Morgan fingerprint density at radius 2 is 1.92 bits per heavy atom. The molecule has 4 nitrogen and oxygen atoms in total. The zero-order valence-corrected chi connectivity index (χ0v) is 17.7. The molecule has 1 rings (SSSR count). The number of carbonyl (C=O) groups is 2. The molecule has 1 unspecified atom stereocenters. The first kappa shape index (κ1) is 22.8. The third-order valence-electron chi connectivity index (χ3n) is 3.39. The highest BCUT2D eigenvalue weighted by atomic mass is 35.5. The Balaban J connectivity index is 3.09. The van der Waals surface area contributed by atoms with Crippen LogP contribution in [0.25, 0.3) is 0 Å². The molecule has 0 bridgehead atoms. The molecule has 1 aromatic rings. The predicted molar refractivity (Wildman–Crippen MR) is 105 cm³/mol. The molecule has 26 heavy (non-hydrogen) atoms. The maximum Gasteiger partial charge on any atom is 0.319 e. The van der Waals surface area contributed by atoms with Crippen LogP contribution in [0.5, 0.6) is 0 Å². The molecule has 1 amide bonds. The molecule has 0 aromatic heterocycles. The van der Waals surface area contributed by atoms with Gasteiger partial charge in [-0.1, -0.05) is 45.7 Å². The highest BCUT2D eigenvalue weighted by Crippen LogP contribution is 2.36. The lowest BCUT2D eigenvalue weighted by Crippen LogP contribution is -2.28. The molecular weight excluding hydrogens is 377 g/mol. The van der Waals surface area contributed by atoms with Gasteiger partial charge in [0, 0.05) is 10.3 Å². The number of hydrogen-bond acceptors (Lipinski definition) is 4. The summed E-state index contributed by atoms with van der Waals surface area (Å²) in [7, 11) is 0. The predicted octanol–water partition coefficient (Wildman–Crippen LogP) is 5.68. The van der Waals surface area contributed by atoms with Crippen LogP contribution in [0.4, 0.5) is 10.1 Å². The van der Waals surface area contributed by atoms with Gasteiger partial charge < -0.3 is 10.1 Å². The molecule has 0 aliphatic carbocycles. The first-order valence-electron chi connectivity index (χ1n) is 8.63. The molecule has 0 aliphatic rings. The molecule has 1 N–H and O–H groups in total. The minimum atomic E-state index is -0.662. The van der Waals surface area contributed by atoms with Crippen molar-refractivity contribution >= 4 is 40.9 Å². The lowest BCUT2D eigenvalue weighted by atomic mass is 9.95. The number of halogens is 2. The Morgan fingerprint density at radius 1 is 1.31 bits per heavy atom. The van der Waals surface area contributed by atoms with Gasteiger partial charge in [-0.3, -0.25) is 9.59 Å². The smallest absolute Gasteiger partial charge is 0.319 e. The van der Waals surface area contributed by atoms with Crippen LogP contribution in [0, 0.1) is 11.2 Å². The van der Waals surface area contributed by atoms with Crippen molar-refractivity contribution in [1.82, 2.24) is 0 Å². The minimum absolute atomic E-state index is 0.0456. The van der Waals surface area contributed by atoms with E-state index in [0.29, 0.717) is 11.3 Å². The second kappa shape index (κ2) is 9.60. The van der Waals surface area contributed by atoms with E-state index in [1.807, 2.05) is 6.92 Å². The van der Waals surface area contributed by atoms with Crippen LogP contribution < -0.4 is 5.32 Å². The fourth-order valence-corrected chi connectivity index (χ4v) is 3.43. The van der Waals surface area contributed by atoms with Gasteiger partial charge in [-0.15, -0.1) is 11.8 Å². The fourth-order valence-electron chi connectivity index (χ4n) is 1.97. The average Bonchev–Trinajstić information content (AvgIpc) is 2.49. The van der Waals surface area contributed by atoms with Crippen LogP contribution in [-0.2, 0) is 14.3 Å². The highest BCUT2D eigenvalue weighted by Gasteiger charge is 2.25. The molecule has 7 heteroatoms. The maximum absolute atomic E-state index is 14.2. The molecule has 0 radical (unpaired) electrons. The van der Waals surface area contributed by atoms with E-state index in [9.17, 15) is 14.0 Å². The molecule has 0 fully saturated rings. The Labute approximate surface area is 164 Å². The van der Waals surface area contributed by atoms with Gasteiger partial charge >= 0.3 is 5.97 Å². The summed E-state index contributed by atoms with van der Waals surface area (Å²) in [6, 6.07) is 2.62. The van der Waals surface area contributed by atoms with E-state index in [2.05, 4.69) is 5.32 Å². The normalized spacial score (nSPS) is 12.8. The van der Waals surface area contributed by atoms with Crippen LogP contribution in [0.1, 0.15) is 54.4 Å². The lowest BCUT2D eigenvalue weighted by molar-refractivity contribution is -0.146. The lowest BCUT2D eigenvalue weighted by Gasteiger charge is -2.20. The van der Waals surface area contributed by atoms with Crippen LogP contribution >= 0.6 is 23.4 Å². The molecule has 0 saturated carbocycles. The number of anilines is 1. The van der Waals surface area contributed by atoms with Crippen molar-refractivity contribution in [3.63, 3.8) is 0 Å². The summed E-state index contributed by atoms with van der Waals surface area (Å²) >= 11 is 7.38. The number of rotatable bonds is 7. The van der Waals surface area contributed by atoms with Gasteiger partial charge in [0.25, 0.3) is 0 Å². The zero-order valence-electron chi connectivity index (χ0n) is 16.1. The highest BCUT2D eigenvalue weighted by molar-refractivity contribution is 8.00. The van der Waals surface area contributed by atoms with Gasteiger partial charge in [0.05, 0.1) is 16.8 Å². The van der Waals surface area contributed by atoms with Gasteiger partial charge in [-0.2, -0.15) is 0 Å². The first-order chi connectivity index (χ1) is 12.0. The Morgan fingerprint density at radius 3 is 2.42 bits per heavy atom. The number of nitrogens with one attached hydrogen (secondary N) is 1. The third-order valence-corrected chi connectivity index (χ3v) is 5.11. The summed E-state index contributed by atoms with van der Waals surface area (Å²) in [5.41, 5.74) is -0.616. The minimum Gasteiger partial charge on any atom is -0.462 e. The number of carbonyl (C=O) groups excluding carboxylic acids is 2. The van der Waals surface area contributed by atoms with Gasteiger partial charge in [0.15, 0.2) is 0 Å². The third kappa shape index (κ3) is 6.80. The summed E-state index contributed by atoms with van der Waals surface area (Å²) in [6.45, 7) is 10.8. The quantitative estimate of drug-likeness (QED) is 0.470. The van der Waals surface area contributed by atoms with E-state index < -0.39 is 16.5 Å². The van der Waals surface area contributed by atoms with Gasteiger partial charge in [0.2, 0.25) is 5.91 Å². The Bertz CT molecular complexity index is 659. The average molecular weight is 404 g/mol. The van der Waals surface area contributed by atoms with Crippen molar-refractivity contribution in [2.75, 3.05) is 5.32 Å². The van der Waals surface area contributed by atoms with Crippen molar-refractivity contribution in [1.29, 1.82) is 0 Å². The van der Waals surface area contributed by atoms with Crippen molar-refractivity contribution in [2.24, 2.45) is 5.41 Å². The number of esters is 1. The molecule has 0 aliphatic heterocycles. The van der Waals surface area contributed by atoms with Crippen molar-refractivity contribution in [2.45, 2.75) is 70.6 Å². The van der Waals surface area contributed by atoms with Gasteiger partial charge in [-0.25, -0.2) is 4.39 Å². The summed E-state index contributed by atoms with van der Waals surface area (Å²) in [6.07, 6.45) is 1.18. The summed E-state index contributed by atoms with van der Waals surface area (Å²) < 4.78 is 19.5. The van der Waals surface area contributed by atoms with Gasteiger partial charge in [-0.05, 0) is 32.4 Å². The van der Waals surface area contributed by atoms with E-state index in [1.165, 1.54) is 17.8 Å². The molecule has 1 aromatic carbocycles. The van der Waals surface area contributed by atoms with Crippen LogP contribution in [0.15, 0.2) is 17.0 Å². The standard InChI is InChI=1S/C19H27ClFNO3S/c1-7-8-15(17(23)25-11(2)3)26-16-10-14(13(21)9-12(16)20)22-18(24)19(4,5)6/h9-11,15H,7-8H2,1-6H3,(H,22,24). The number of hydrogen-bond donors (Lipinski definition) is 1. The Hall–Kier alpha value is -1.27. The van der Waals surface area contributed by atoms with Crippen molar-refractivity contribution in [3.8, 4) is 0 Å². The van der Waals surface area contributed by atoms with E-state index in [0.717, 1.165) is 12.5 Å². The van der Waals surface area contributed by atoms with E-state index in [1.54, 1.807) is 34.6 Å². The van der Waals surface area contributed by atoms with E-state index in [-0.39, 0.29) is 28.7 Å². The largest absolute Gasteiger partial charge is 0.462 e. The second-order valence-corrected chi connectivity index (χ2v) is 9.00. The Kier molecular flexibility index (Phi) is 8.41. The van der Waals surface area contributed by atoms with Crippen molar-refractivity contribution < 1.29 is 18.7 Å².